The normalized spacial score (nSPS) is 16.7. The molecule has 26 heavy (non-hydrogen) atoms. The lowest BCUT2D eigenvalue weighted by molar-refractivity contribution is 0.460. The molecule has 1 aliphatic heterocycles. The lowest BCUT2D eigenvalue weighted by Crippen LogP contribution is -2.26. The number of piperidine rings is 1. The molecular formula is C20H26N6. The van der Waals surface area contributed by atoms with Gasteiger partial charge in [-0.3, -0.25) is 0 Å². The van der Waals surface area contributed by atoms with Gasteiger partial charge in [0, 0.05) is 11.9 Å². The van der Waals surface area contributed by atoms with Crippen LogP contribution in [0.4, 0.5) is 11.5 Å². The van der Waals surface area contributed by atoms with Crippen molar-refractivity contribution in [2.24, 2.45) is 0 Å². The molecule has 6 nitrogen and oxygen atoms in total. The standard InChI is InChI=1S/C20H26N6/c1-13-7-16(9-18(21)8-13)14(2)25-20-19-10-17(11-26(19)24-12-23-20)15-3-5-22-6-4-15/h7-12,14-15,22H,3-6,21H2,1-2H3,(H,23,24,25)/t14-/m1/s1. The van der Waals surface area contributed by atoms with E-state index in [0.29, 0.717) is 5.92 Å². The van der Waals surface area contributed by atoms with E-state index >= 15 is 0 Å². The van der Waals surface area contributed by atoms with Crippen molar-refractivity contribution in [3.05, 3.63) is 53.5 Å². The number of anilines is 2. The van der Waals surface area contributed by atoms with E-state index in [4.69, 9.17) is 5.73 Å². The third-order valence-corrected chi connectivity index (χ3v) is 5.21. The van der Waals surface area contributed by atoms with E-state index in [1.54, 1.807) is 6.33 Å². The zero-order valence-corrected chi connectivity index (χ0v) is 15.4. The molecule has 1 aliphatic rings. The van der Waals surface area contributed by atoms with Gasteiger partial charge in [0.2, 0.25) is 0 Å². The number of rotatable bonds is 4. The molecule has 1 fully saturated rings. The van der Waals surface area contributed by atoms with E-state index in [2.05, 4.69) is 52.9 Å². The van der Waals surface area contributed by atoms with E-state index in [0.717, 1.165) is 41.2 Å². The van der Waals surface area contributed by atoms with Gasteiger partial charge >= 0.3 is 0 Å². The summed E-state index contributed by atoms with van der Waals surface area (Å²) in [5, 5.41) is 11.4. The second-order valence-corrected chi connectivity index (χ2v) is 7.28. The molecule has 3 heterocycles. The fourth-order valence-electron chi connectivity index (χ4n) is 3.82. The minimum absolute atomic E-state index is 0.105. The fourth-order valence-corrected chi connectivity index (χ4v) is 3.82. The molecule has 0 bridgehead atoms. The van der Waals surface area contributed by atoms with Gasteiger partial charge < -0.3 is 16.4 Å². The van der Waals surface area contributed by atoms with E-state index in [9.17, 15) is 0 Å². The average molecular weight is 350 g/mol. The minimum atomic E-state index is 0.105. The summed E-state index contributed by atoms with van der Waals surface area (Å²) < 4.78 is 1.93. The van der Waals surface area contributed by atoms with Crippen LogP contribution in [0.3, 0.4) is 0 Å². The predicted molar refractivity (Wildman–Crippen MR) is 105 cm³/mol. The summed E-state index contributed by atoms with van der Waals surface area (Å²) >= 11 is 0. The van der Waals surface area contributed by atoms with Gasteiger partial charge in [-0.2, -0.15) is 5.10 Å². The Morgan fingerprint density at radius 2 is 2.04 bits per heavy atom. The van der Waals surface area contributed by atoms with Crippen LogP contribution in [0.2, 0.25) is 0 Å². The van der Waals surface area contributed by atoms with E-state index in [-0.39, 0.29) is 6.04 Å². The smallest absolute Gasteiger partial charge is 0.154 e. The highest BCUT2D eigenvalue weighted by Gasteiger charge is 2.18. The molecular weight excluding hydrogens is 324 g/mol. The number of aryl methyl sites for hydroxylation is 1. The zero-order chi connectivity index (χ0) is 18.1. The molecule has 4 N–H and O–H groups in total. The lowest BCUT2D eigenvalue weighted by Gasteiger charge is -2.21. The lowest BCUT2D eigenvalue weighted by atomic mass is 9.92. The minimum Gasteiger partial charge on any atom is -0.399 e. The summed E-state index contributed by atoms with van der Waals surface area (Å²) in [6.07, 6.45) is 6.10. The molecule has 3 aromatic rings. The Bertz CT molecular complexity index is 890. The predicted octanol–water partition coefficient (Wildman–Crippen LogP) is 3.26. The Kier molecular flexibility index (Phi) is 4.51. The first kappa shape index (κ1) is 16.8. The molecule has 4 rings (SSSR count). The molecule has 0 unspecified atom stereocenters. The van der Waals surface area contributed by atoms with E-state index < -0.39 is 0 Å². The second-order valence-electron chi connectivity index (χ2n) is 7.28. The molecule has 136 valence electrons. The number of aromatic nitrogens is 3. The van der Waals surface area contributed by atoms with Crippen LogP contribution in [0, 0.1) is 6.92 Å². The highest BCUT2D eigenvalue weighted by Crippen LogP contribution is 2.30. The molecule has 0 saturated carbocycles. The van der Waals surface area contributed by atoms with Crippen molar-refractivity contribution in [3.8, 4) is 0 Å². The van der Waals surface area contributed by atoms with Crippen molar-refractivity contribution in [1.82, 2.24) is 19.9 Å². The highest BCUT2D eigenvalue weighted by atomic mass is 15.3. The molecule has 0 amide bonds. The number of hydrogen-bond donors (Lipinski definition) is 3. The molecule has 1 aromatic carbocycles. The largest absolute Gasteiger partial charge is 0.399 e. The number of benzene rings is 1. The first-order valence-electron chi connectivity index (χ1n) is 9.28. The van der Waals surface area contributed by atoms with Crippen LogP contribution < -0.4 is 16.4 Å². The number of hydrogen-bond acceptors (Lipinski definition) is 5. The van der Waals surface area contributed by atoms with Gasteiger partial charge in [0.15, 0.2) is 5.82 Å². The molecule has 1 saturated heterocycles. The van der Waals surface area contributed by atoms with Crippen LogP contribution in [0.1, 0.15) is 48.4 Å². The summed E-state index contributed by atoms with van der Waals surface area (Å²) in [5.74, 6) is 1.45. The van der Waals surface area contributed by atoms with Gasteiger partial charge in [0.25, 0.3) is 0 Å². The Morgan fingerprint density at radius 1 is 1.23 bits per heavy atom. The fraction of sp³-hybridized carbons (Fsp3) is 0.400. The monoisotopic (exact) mass is 350 g/mol. The first-order chi connectivity index (χ1) is 12.6. The van der Waals surface area contributed by atoms with Gasteiger partial charge in [-0.05, 0) is 80.6 Å². The summed E-state index contributed by atoms with van der Waals surface area (Å²) in [6.45, 7) is 6.36. The van der Waals surface area contributed by atoms with Crippen LogP contribution >= 0.6 is 0 Å². The molecule has 0 aliphatic carbocycles. The summed E-state index contributed by atoms with van der Waals surface area (Å²) in [6, 6.07) is 8.49. The summed E-state index contributed by atoms with van der Waals surface area (Å²) in [5.41, 5.74) is 11.5. The number of nitrogens with one attached hydrogen (secondary N) is 2. The Balaban J connectivity index is 1.62. The average Bonchev–Trinajstić information content (AvgIpc) is 3.07. The third-order valence-electron chi connectivity index (χ3n) is 5.21. The maximum Gasteiger partial charge on any atom is 0.154 e. The number of nitrogen functional groups attached to an aromatic ring is 1. The van der Waals surface area contributed by atoms with Crippen LogP contribution in [0.25, 0.3) is 5.52 Å². The van der Waals surface area contributed by atoms with Crippen molar-refractivity contribution in [2.45, 2.75) is 38.6 Å². The zero-order valence-electron chi connectivity index (χ0n) is 15.4. The number of nitrogens with zero attached hydrogens (tertiary/aromatic N) is 3. The second kappa shape index (κ2) is 6.96. The van der Waals surface area contributed by atoms with Crippen molar-refractivity contribution >= 4 is 17.0 Å². The number of nitrogens with two attached hydrogens (primary N) is 1. The van der Waals surface area contributed by atoms with E-state index in [1.807, 2.05) is 16.6 Å². The molecule has 6 heteroatoms. The highest BCUT2D eigenvalue weighted by molar-refractivity contribution is 5.69. The summed E-state index contributed by atoms with van der Waals surface area (Å²) in [4.78, 5) is 4.49. The van der Waals surface area contributed by atoms with Crippen molar-refractivity contribution < 1.29 is 0 Å². The SMILES string of the molecule is Cc1cc(N)cc([C@@H](C)Nc2ncnn3cc(C4CCNCC4)cc23)c1. The van der Waals surface area contributed by atoms with Crippen LogP contribution in [0.5, 0.6) is 0 Å². The molecule has 1 atom stereocenters. The molecule has 0 radical (unpaired) electrons. The van der Waals surface area contributed by atoms with Crippen LogP contribution in [-0.4, -0.2) is 27.7 Å². The van der Waals surface area contributed by atoms with Crippen molar-refractivity contribution in [1.29, 1.82) is 0 Å². The first-order valence-corrected chi connectivity index (χ1v) is 9.28. The van der Waals surface area contributed by atoms with E-state index in [1.165, 1.54) is 18.4 Å². The van der Waals surface area contributed by atoms with Gasteiger partial charge in [0.1, 0.15) is 11.8 Å². The van der Waals surface area contributed by atoms with Gasteiger partial charge in [0.05, 0.1) is 6.04 Å². The van der Waals surface area contributed by atoms with Crippen molar-refractivity contribution in [2.75, 3.05) is 24.1 Å². The van der Waals surface area contributed by atoms with Gasteiger partial charge in [-0.25, -0.2) is 9.50 Å². The summed E-state index contributed by atoms with van der Waals surface area (Å²) in [7, 11) is 0. The number of fused-ring (bicyclic) bond motifs is 1. The van der Waals surface area contributed by atoms with Crippen LogP contribution in [-0.2, 0) is 0 Å². The maximum atomic E-state index is 6.00. The quantitative estimate of drug-likeness (QED) is 0.629. The molecule has 0 spiro atoms. The topological polar surface area (TPSA) is 80.3 Å². The van der Waals surface area contributed by atoms with Gasteiger partial charge in [-0.15, -0.1) is 0 Å². The van der Waals surface area contributed by atoms with Gasteiger partial charge in [-0.1, -0.05) is 6.07 Å². The maximum absolute atomic E-state index is 6.00. The Labute approximate surface area is 153 Å². The van der Waals surface area contributed by atoms with Crippen LogP contribution in [0.15, 0.2) is 36.8 Å². The Hall–Kier alpha value is -2.60. The third kappa shape index (κ3) is 3.37. The molecule has 2 aromatic heterocycles. The van der Waals surface area contributed by atoms with Crippen molar-refractivity contribution in [3.63, 3.8) is 0 Å². The Morgan fingerprint density at radius 3 is 2.81 bits per heavy atom.